The zero-order chi connectivity index (χ0) is 13.8. The molecule has 0 unspecified atom stereocenters. The van der Waals surface area contributed by atoms with Gasteiger partial charge in [0.1, 0.15) is 6.33 Å². The summed E-state index contributed by atoms with van der Waals surface area (Å²) >= 11 is 0. The highest BCUT2D eigenvalue weighted by molar-refractivity contribution is 5.95. The second kappa shape index (κ2) is 5.75. The third kappa shape index (κ3) is 2.55. The molecule has 2 N–H and O–H groups in total. The number of carbonyl (C=O) groups is 1. The Kier molecular flexibility index (Phi) is 4.06. The van der Waals surface area contributed by atoms with Crippen LogP contribution in [0, 0.1) is 0 Å². The fourth-order valence-corrected chi connectivity index (χ4v) is 1.89. The van der Waals surface area contributed by atoms with Crippen LogP contribution in [0.2, 0.25) is 0 Å². The van der Waals surface area contributed by atoms with Crippen molar-refractivity contribution in [3.8, 4) is 0 Å². The van der Waals surface area contributed by atoms with E-state index in [9.17, 15) is 4.79 Å². The van der Waals surface area contributed by atoms with Gasteiger partial charge in [-0.25, -0.2) is 9.50 Å². The predicted molar refractivity (Wildman–Crippen MR) is 68.8 cm³/mol. The summed E-state index contributed by atoms with van der Waals surface area (Å²) in [5.74, 6) is 0.227. The third-order valence-corrected chi connectivity index (χ3v) is 3.03. The number of aliphatic hydroxyl groups excluding tert-OH is 1. The first-order chi connectivity index (χ1) is 9.21. The molecule has 0 bridgehead atoms. The lowest BCUT2D eigenvalue weighted by molar-refractivity contribution is 0.0913. The number of nitrogens with zero attached hydrogens (tertiary/aromatic N) is 4. The number of carbonyl (C=O) groups excluding carboxylic acids is 1. The minimum absolute atomic E-state index is 0.0807. The van der Waals surface area contributed by atoms with Gasteiger partial charge in [-0.2, -0.15) is 10.1 Å². The first kappa shape index (κ1) is 13.4. The molecule has 0 saturated heterocycles. The molecule has 0 aromatic carbocycles. The number of aryl methyl sites for hydroxylation is 1. The molecule has 2 heterocycles. The smallest absolute Gasteiger partial charge is 0.255 e. The van der Waals surface area contributed by atoms with E-state index in [-0.39, 0.29) is 18.6 Å². The molecule has 0 aliphatic rings. The van der Waals surface area contributed by atoms with E-state index in [1.54, 1.807) is 4.52 Å². The van der Waals surface area contributed by atoms with Crippen LogP contribution in [0.1, 0.15) is 36.3 Å². The van der Waals surface area contributed by atoms with E-state index >= 15 is 0 Å². The molecule has 2 aromatic heterocycles. The minimum atomic E-state index is -0.248. The second-order valence-electron chi connectivity index (χ2n) is 4.21. The lowest BCUT2D eigenvalue weighted by Crippen LogP contribution is -2.37. The van der Waals surface area contributed by atoms with Gasteiger partial charge in [-0.05, 0) is 12.8 Å². The standard InChI is InChI=1S/C12H17N5O2/c1-3-8(6-18)16-11(19)9-5-13-12-14-7-15-17(12)10(9)4-2/h5,7-8,18H,3-4,6H2,1-2H3,(H,16,19)/t8-/m0/s1. The fraction of sp³-hybridized carbons (Fsp3) is 0.500. The van der Waals surface area contributed by atoms with Crippen LogP contribution in [-0.2, 0) is 6.42 Å². The topological polar surface area (TPSA) is 92.4 Å². The van der Waals surface area contributed by atoms with E-state index in [4.69, 9.17) is 5.11 Å². The Hall–Kier alpha value is -2.02. The molecule has 2 rings (SSSR count). The molecular weight excluding hydrogens is 246 g/mol. The van der Waals surface area contributed by atoms with Crippen molar-refractivity contribution < 1.29 is 9.90 Å². The van der Waals surface area contributed by atoms with Gasteiger partial charge in [-0.3, -0.25) is 4.79 Å². The highest BCUT2D eigenvalue weighted by Crippen LogP contribution is 2.10. The maximum Gasteiger partial charge on any atom is 0.255 e. The normalized spacial score (nSPS) is 12.6. The van der Waals surface area contributed by atoms with Crippen LogP contribution in [-0.4, -0.2) is 43.2 Å². The van der Waals surface area contributed by atoms with E-state index in [1.165, 1.54) is 12.5 Å². The number of fused-ring (bicyclic) bond motifs is 1. The van der Waals surface area contributed by atoms with Gasteiger partial charge >= 0.3 is 0 Å². The summed E-state index contributed by atoms with van der Waals surface area (Å²) in [6, 6.07) is -0.247. The van der Waals surface area contributed by atoms with Crippen LogP contribution in [0.25, 0.3) is 5.78 Å². The number of amides is 1. The van der Waals surface area contributed by atoms with Crippen molar-refractivity contribution in [2.75, 3.05) is 6.61 Å². The lowest BCUT2D eigenvalue weighted by atomic mass is 10.1. The summed E-state index contributed by atoms with van der Waals surface area (Å²) in [5, 5.41) is 16.0. The van der Waals surface area contributed by atoms with Crippen molar-refractivity contribution in [1.29, 1.82) is 0 Å². The number of nitrogens with one attached hydrogen (secondary N) is 1. The van der Waals surface area contributed by atoms with E-state index in [1.807, 2.05) is 13.8 Å². The molecule has 0 spiro atoms. The van der Waals surface area contributed by atoms with E-state index in [0.29, 0.717) is 24.2 Å². The Morgan fingerprint density at radius 2 is 2.26 bits per heavy atom. The van der Waals surface area contributed by atoms with Gasteiger partial charge < -0.3 is 10.4 Å². The van der Waals surface area contributed by atoms with Gasteiger partial charge in [0.25, 0.3) is 11.7 Å². The molecule has 7 heteroatoms. The van der Waals surface area contributed by atoms with E-state index in [0.717, 1.165) is 5.69 Å². The van der Waals surface area contributed by atoms with E-state index in [2.05, 4.69) is 20.4 Å². The molecule has 2 aromatic rings. The molecule has 19 heavy (non-hydrogen) atoms. The fourth-order valence-electron chi connectivity index (χ4n) is 1.89. The van der Waals surface area contributed by atoms with Gasteiger partial charge in [0.15, 0.2) is 0 Å². The number of rotatable bonds is 5. The quantitative estimate of drug-likeness (QED) is 0.803. The van der Waals surface area contributed by atoms with Crippen LogP contribution >= 0.6 is 0 Å². The number of aliphatic hydroxyl groups is 1. The molecule has 7 nitrogen and oxygen atoms in total. The highest BCUT2D eigenvalue weighted by Gasteiger charge is 2.17. The van der Waals surface area contributed by atoms with Crippen molar-refractivity contribution in [2.45, 2.75) is 32.7 Å². The molecule has 0 fully saturated rings. The summed E-state index contributed by atoms with van der Waals surface area (Å²) in [6.45, 7) is 3.76. The number of hydrogen-bond acceptors (Lipinski definition) is 5. The molecule has 1 atom stereocenters. The lowest BCUT2D eigenvalue weighted by Gasteiger charge is -2.15. The average Bonchev–Trinajstić information content (AvgIpc) is 2.91. The molecule has 0 aliphatic heterocycles. The summed E-state index contributed by atoms with van der Waals surface area (Å²) in [6.07, 6.45) is 4.22. The molecule has 0 saturated carbocycles. The molecule has 1 amide bonds. The number of aromatic nitrogens is 4. The first-order valence-electron chi connectivity index (χ1n) is 6.30. The predicted octanol–water partition coefficient (Wildman–Crippen LogP) is 0.187. The molecular formula is C12H17N5O2. The maximum absolute atomic E-state index is 12.2. The SMILES string of the molecule is CCc1c(C(=O)N[C@@H](CC)CO)cnc2ncnn12. The molecule has 0 radical (unpaired) electrons. The van der Waals surface area contributed by atoms with Crippen molar-refractivity contribution in [1.82, 2.24) is 24.9 Å². The zero-order valence-corrected chi connectivity index (χ0v) is 11.0. The van der Waals surface area contributed by atoms with Crippen molar-refractivity contribution >= 4 is 11.7 Å². The first-order valence-corrected chi connectivity index (χ1v) is 6.30. The highest BCUT2D eigenvalue weighted by atomic mass is 16.3. The minimum Gasteiger partial charge on any atom is -0.394 e. The summed E-state index contributed by atoms with van der Waals surface area (Å²) < 4.78 is 1.56. The average molecular weight is 263 g/mol. The van der Waals surface area contributed by atoms with Crippen molar-refractivity contribution in [2.24, 2.45) is 0 Å². The molecule has 102 valence electrons. The maximum atomic E-state index is 12.2. The van der Waals surface area contributed by atoms with Gasteiger partial charge in [-0.15, -0.1) is 0 Å². The second-order valence-corrected chi connectivity index (χ2v) is 4.21. The van der Waals surface area contributed by atoms with Crippen LogP contribution in [0.3, 0.4) is 0 Å². The van der Waals surface area contributed by atoms with Gasteiger partial charge in [0.2, 0.25) is 0 Å². The monoisotopic (exact) mass is 263 g/mol. The third-order valence-electron chi connectivity index (χ3n) is 3.03. The Morgan fingerprint density at radius 1 is 1.47 bits per heavy atom. The Labute approximate surface area is 110 Å². The Morgan fingerprint density at radius 3 is 2.89 bits per heavy atom. The zero-order valence-electron chi connectivity index (χ0n) is 11.0. The van der Waals surface area contributed by atoms with Gasteiger partial charge in [-0.1, -0.05) is 13.8 Å². The van der Waals surface area contributed by atoms with Crippen LogP contribution in [0.15, 0.2) is 12.5 Å². The largest absolute Gasteiger partial charge is 0.394 e. The van der Waals surface area contributed by atoms with Crippen LogP contribution in [0.5, 0.6) is 0 Å². The van der Waals surface area contributed by atoms with Crippen LogP contribution < -0.4 is 5.32 Å². The van der Waals surface area contributed by atoms with Crippen molar-refractivity contribution in [3.05, 3.63) is 23.8 Å². The van der Waals surface area contributed by atoms with Crippen LogP contribution in [0.4, 0.5) is 0 Å². The Bertz CT molecular complexity index is 577. The summed E-state index contributed by atoms with van der Waals surface area (Å²) in [4.78, 5) is 20.3. The van der Waals surface area contributed by atoms with Gasteiger partial charge in [0, 0.05) is 6.20 Å². The van der Waals surface area contributed by atoms with E-state index < -0.39 is 0 Å². The van der Waals surface area contributed by atoms with Gasteiger partial charge in [0.05, 0.1) is 23.9 Å². The Balaban J connectivity index is 2.35. The number of hydrogen-bond donors (Lipinski definition) is 2. The summed E-state index contributed by atoms with van der Waals surface area (Å²) in [5.41, 5.74) is 1.22. The molecule has 0 aliphatic carbocycles. The summed E-state index contributed by atoms with van der Waals surface area (Å²) in [7, 11) is 0. The van der Waals surface area contributed by atoms with Crippen molar-refractivity contribution in [3.63, 3.8) is 0 Å².